The summed E-state index contributed by atoms with van der Waals surface area (Å²) < 4.78 is 0. The molecule has 0 aliphatic carbocycles. The van der Waals surface area contributed by atoms with E-state index in [1.807, 2.05) is 42.6 Å². The summed E-state index contributed by atoms with van der Waals surface area (Å²) in [4.78, 5) is 1.03. The summed E-state index contributed by atoms with van der Waals surface area (Å²) in [6, 6.07) is 16.3. The molecule has 1 nitrogen and oxygen atoms in total. The van der Waals surface area contributed by atoms with E-state index >= 15 is 0 Å². The number of rotatable bonds is 2. The zero-order valence-corrected chi connectivity index (χ0v) is 10.9. The average Bonchev–Trinajstić information content (AvgIpc) is 2.83. The smallest absolute Gasteiger partial charge is 0.114 e. The van der Waals surface area contributed by atoms with E-state index in [0.717, 1.165) is 21.4 Å². The van der Waals surface area contributed by atoms with Gasteiger partial charge in [0.2, 0.25) is 0 Å². The van der Waals surface area contributed by atoms with Gasteiger partial charge in [-0.1, -0.05) is 42.5 Å². The first-order valence-corrected chi connectivity index (χ1v) is 6.85. The first-order chi connectivity index (χ1) is 8.77. The van der Waals surface area contributed by atoms with Crippen LogP contribution in [-0.2, 0) is 0 Å². The molecule has 1 heterocycles. The van der Waals surface area contributed by atoms with Crippen molar-refractivity contribution in [3.63, 3.8) is 0 Å². The lowest BCUT2D eigenvalue weighted by atomic mass is 9.98. The number of hydrogen-bond donors (Lipinski definition) is 1. The minimum Gasteiger partial charge on any atom is -0.383 e. The molecule has 0 bridgehead atoms. The molecule has 0 radical (unpaired) electrons. The van der Waals surface area contributed by atoms with Crippen molar-refractivity contribution in [3.05, 3.63) is 69.9 Å². The fraction of sp³-hybridized carbons (Fsp3) is 0.125. The van der Waals surface area contributed by atoms with Crippen LogP contribution in [0.1, 0.15) is 22.1 Å². The van der Waals surface area contributed by atoms with Crippen LogP contribution in [0.15, 0.2) is 53.9 Å². The van der Waals surface area contributed by atoms with E-state index in [4.69, 9.17) is 0 Å². The molecule has 0 amide bonds. The van der Waals surface area contributed by atoms with Gasteiger partial charge < -0.3 is 5.11 Å². The molecule has 1 N–H and O–H groups in total. The number of hydrogen-bond acceptors (Lipinski definition) is 2. The van der Waals surface area contributed by atoms with Crippen molar-refractivity contribution in [2.24, 2.45) is 0 Å². The van der Waals surface area contributed by atoms with Gasteiger partial charge in [-0.3, -0.25) is 0 Å². The maximum atomic E-state index is 10.6. The normalized spacial score (nSPS) is 12.8. The van der Waals surface area contributed by atoms with E-state index < -0.39 is 6.10 Å². The quantitative estimate of drug-likeness (QED) is 0.723. The Morgan fingerprint density at radius 3 is 2.56 bits per heavy atom. The highest BCUT2D eigenvalue weighted by Crippen LogP contribution is 2.33. The van der Waals surface area contributed by atoms with Gasteiger partial charge in [-0.2, -0.15) is 0 Å². The molecular weight excluding hydrogens is 240 g/mol. The molecule has 2 aromatic carbocycles. The fourth-order valence-corrected chi connectivity index (χ4v) is 3.22. The van der Waals surface area contributed by atoms with Crippen LogP contribution in [0.25, 0.3) is 10.8 Å². The lowest BCUT2D eigenvalue weighted by molar-refractivity contribution is 0.225. The third kappa shape index (κ3) is 1.84. The molecule has 90 valence electrons. The lowest BCUT2D eigenvalue weighted by Crippen LogP contribution is -1.99. The minimum absolute atomic E-state index is 0.531. The maximum absolute atomic E-state index is 10.6. The monoisotopic (exact) mass is 254 g/mol. The molecule has 18 heavy (non-hydrogen) atoms. The Morgan fingerprint density at radius 1 is 1.00 bits per heavy atom. The van der Waals surface area contributed by atoms with E-state index in [2.05, 4.69) is 18.2 Å². The van der Waals surface area contributed by atoms with Crippen molar-refractivity contribution in [2.45, 2.75) is 13.0 Å². The lowest BCUT2D eigenvalue weighted by Gasteiger charge is -2.13. The standard InChI is InChI=1S/C16H14OS/c1-11-9-10-18-16(11)15(17)14-8-4-6-12-5-2-3-7-13(12)14/h2-10,15,17H,1H3. The van der Waals surface area contributed by atoms with Gasteiger partial charge in [-0.05, 0) is 40.3 Å². The van der Waals surface area contributed by atoms with Crippen LogP contribution in [0.3, 0.4) is 0 Å². The summed E-state index contributed by atoms with van der Waals surface area (Å²) >= 11 is 1.61. The van der Waals surface area contributed by atoms with Crippen molar-refractivity contribution < 1.29 is 5.11 Å². The third-order valence-corrected chi connectivity index (χ3v) is 4.34. The molecular formula is C16H14OS. The van der Waals surface area contributed by atoms with Crippen LogP contribution in [0.4, 0.5) is 0 Å². The molecule has 1 unspecified atom stereocenters. The summed E-state index contributed by atoms with van der Waals surface area (Å²) in [7, 11) is 0. The van der Waals surface area contributed by atoms with Crippen molar-refractivity contribution in [1.29, 1.82) is 0 Å². The predicted octanol–water partition coefficient (Wildman–Crippen LogP) is 4.29. The molecule has 0 fully saturated rings. The van der Waals surface area contributed by atoms with E-state index in [0.29, 0.717) is 0 Å². The number of thiophene rings is 1. The summed E-state index contributed by atoms with van der Waals surface area (Å²) in [6.45, 7) is 2.04. The fourth-order valence-electron chi connectivity index (χ4n) is 2.29. The molecule has 0 saturated carbocycles. The number of fused-ring (bicyclic) bond motifs is 1. The van der Waals surface area contributed by atoms with Crippen molar-refractivity contribution in [1.82, 2.24) is 0 Å². The molecule has 0 spiro atoms. The number of aliphatic hydroxyl groups excluding tert-OH is 1. The van der Waals surface area contributed by atoms with Crippen molar-refractivity contribution >= 4 is 22.1 Å². The van der Waals surface area contributed by atoms with Gasteiger partial charge in [-0.15, -0.1) is 11.3 Å². The van der Waals surface area contributed by atoms with Crippen molar-refractivity contribution in [2.75, 3.05) is 0 Å². The summed E-state index contributed by atoms with van der Waals surface area (Å²) in [5.41, 5.74) is 2.14. The van der Waals surface area contributed by atoms with E-state index in [1.165, 1.54) is 5.39 Å². The van der Waals surface area contributed by atoms with Gasteiger partial charge in [0, 0.05) is 4.88 Å². The Morgan fingerprint density at radius 2 is 1.78 bits per heavy atom. The highest BCUT2D eigenvalue weighted by Gasteiger charge is 2.16. The highest BCUT2D eigenvalue weighted by atomic mass is 32.1. The summed E-state index contributed by atoms with van der Waals surface area (Å²) in [5.74, 6) is 0. The SMILES string of the molecule is Cc1ccsc1C(O)c1cccc2ccccc12. The Kier molecular flexibility index (Phi) is 2.90. The van der Waals surface area contributed by atoms with Crippen molar-refractivity contribution in [3.8, 4) is 0 Å². The first kappa shape index (κ1) is 11.5. The second-order valence-corrected chi connectivity index (χ2v) is 5.39. The Hall–Kier alpha value is -1.64. The van der Waals surface area contributed by atoms with Crippen LogP contribution >= 0.6 is 11.3 Å². The topological polar surface area (TPSA) is 20.2 Å². The van der Waals surface area contributed by atoms with Crippen LogP contribution in [0.2, 0.25) is 0 Å². The minimum atomic E-state index is -0.531. The Bertz CT molecular complexity index is 679. The van der Waals surface area contributed by atoms with Gasteiger partial charge in [0.25, 0.3) is 0 Å². The predicted molar refractivity (Wildman–Crippen MR) is 77.1 cm³/mol. The number of benzene rings is 2. The average molecular weight is 254 g/mol. The maximum Gasteiger partial charge on any atom is 0.114 e. The van der Waals surface area contributed by atoms with Gasteiger partial charge in [0.1, 0.15) is 6.10 Å². The largest absolute Gasteiger partial charge is 0.383 e. The third-order valence-electron chi connectivity index (χ3n) is 3.27. The van der Waals surface area contributed by atoms with Crippen LogP contribution in [-0.4, -0.2) is 5.11 Å². The summed E-state index contributed by atoms with van der Waals surface area (Å²) in [5, 5.41) is 14.9. The number of aliphatic hydroxyl groups is 1. The molecule has 3 rings (SSSR count). The Labute approximate surface area is 110 Å². The van der Waals surface area contributed by atoms with Crippen LogP contribution < -0.4 is 0 Å². The summed E-state index contributed by atoms with van der Waals surface area (Å²) in [6.07, 6.45) is -0.531. The molecule has 1 aromatic heterocycles. The molecule has 2 heteroatoms. The Balaban J connectivity index is 2.18. The van der Waals surface area contributed by atoms with Crippen LogP contribution in [0.5, 0.6) is 0 Å². The molecule has 1 atom stereocenters. The second-order valence-electron chi connectivity index (χ2n) is 4.44. The van der Waals surface area contributed by atoms with Crippen LogP contribution in [0, 0.1) is 6.92 Å². The zero-order chi connectivity index (χ0) is 12.5. The van der Waals surface area contributed by atoms with E-state index in [-0.39, 0.29) is 0 Å². The first-order valence-electron chi connectivity index (χ1n) is 5.97. The molecule has 0 saturated heterocycles. The zero-order valence-electron chi connectivity index (χ0n) is 10.1. The van der Waals surface area contributed by atoms with E-state index in [1.54, 1.807) is 11.3 Å². The number of aryl methyl sites for hydroxylation is 1. The molecule has 0 aliphatic heterocycles. The van der Waals surface area contributed by atoms with Gasteiger partial charge in [0.05, 0.1) is 0 Å². The molecule has 0 aliphatic rings. The van der Waals surface area contributed by atoms with Gasteiger partial charge >= 0.3 is 0 Å². The molecule has 3 aromatic rings. The van der Waals surface area contributed by atoms with Gasteiger partial charge in [-0.25, -0.2) is 0 Å². The van der Waals surface area contributed by atoms with Gasteiger partial charge in [0.15, 0.2) is 0 Å². The highest BCUT2D eigenvalue weighted by molar-refractivity contribution is 7.10. The second kappa shape index (κ2) is 4.56. The van der Waals surface area contributed by atoms with E-state index in [9.17, 15) is 5.11 Å².